The van der Waals surface area contributed by atoms with Gasteiger partial charge in [-0.2, -0.15) is 4.31 Å². The lowest BCUT2D eigenvalue weighted by Crippen LogP contribution is -2.44. The zero-order valence-electron chi connectivity index (χ0n) is 12.4. The average molecular weight is 313 g/mol. The van der Waals surface area contributed by atoms with E-state index in [4.69, 9.17) is 0 Å². The van der Waals surface area contributed by atoms with E-state index in [0.29, 0.717) is 12.3 Å². The van der Waals surface area contributed by atoms with Crippen LogP contribution in [0, 0.1) is 5.92 Å². The number of hydrogen-bond donors (Lipinski definition) is 1. The molecule has 1 rings (SSSR count). The Balaban J connectivity index is 0.00000324. The van der Waals surface area contributed by atoms with Gasteiger partial charge in [0.05, 0.1) is 5.75 Å². The molecule has 0 aliphatic carbocycles. The van der Waals surface area contributed by atoms with Crippen molar-refractivity contribution in [2.75, 3.05) is 25.4 Å². The van der Waals surface area contributed by atoms with Gasteiger partial charge in [-0.05, 0) is 31.7 Å². The zero-order valence-corrected chi connectivity index (χ0v) is 14.0. The third-order valence-electron chi connectivity index (χ3n) is 3.52. The summed E-state index contributed by atoms with van der Waals surface area (Å²) in [7, 11) is -3.10. The fourth-order valence-corrected chi connectivity index (χ4v) is 4.86. The molecule has 6 heteroatoms. The maximum Gasteiger partial charge on any atom is 0.214 e. The first-order valence-corrected chi connectivity index (χ1v) is 8.82. The molecule has 0 aromatic carbocycles. The molecular formula is C13H29ClN2O2S. The van der Waals surface area contributed by atoms with E-state index in [1.807, 2.05) is 13.8 Å². The van der Waals surface area contributed by atoms with Crippen molar-refractivity contribution >= 4 is 22.4 Å². The molecule has 0 spiro atoms. The maximum absolute atomic E-state index is 12.5. The Labute approximate surface area is 124 Å². The number of rotatable bonds is 8. The van der Waals surface area contributed by atoms with Gasteiger partial charge in [0, 0.05) is 19.1 Å². The van der Waals surface area contributed by atoms with Crippen LogP contribution in [0.15, 0.2) is 0 Å². The van der Waals surface area contributed by atoms with Crippen LogP contribution in [0.4, 0.5) is 0 Å². The van der Waals surface area contributed by atoms with Gasteiger partial charge in [0.2, 0.25) is 10.0 Å². The summed E-state index contributed by atoms with van der Waals surface area (Å²) in [5, 5.41) is 3.26. The number of sulfonamides is 1. The van der Waals surface area contributed by atoms with Crippen LogP contribution in [0.25, 0.3) is 0 Å². The van der Waals surface area contributed by atoms with Crippen LogP contribution < -0.4 is 5.32 Å². The highest BCUT2D eigenvalue weighted by Gasteiger charge is 2.31. The molecule has 1 aliphatic heterocycles. The summed E-state index contributed by atoms with van der Waals surface area (Å²) >= 11 is 0. The molecule has 0 bridgehead atoms. The minimum atomic E-state index is -3.10. The summed E-state index contributed by atoms with van der Waals surface area (Å²) in [5.74, 6) is 0.561. The van der Waals surface area contributed by atoms with E-state index in [-0.39, 0.29) is 24.4 Å². The fraction of sp³-hybridized carbons (Fsp3) is 1.00. The molecule has 1 fully saturated rings. The second-order valence-electron chi connectivity index (χ2n) is 5.43. The van der Waals surface area contributed by atoms with Crippen LogP contribution in [0.1, 0.15) is 46.5 Å². The first kappa shape index (κ1) is 19.2. The van der Waals surface area contributed by atoms with Crippen molar-refractivity contribution < 1.29 is 8.42 Å². The van der Waals surface area contributed by atoms with Gasteiger partial charge in [-0.15, -0.1) is 12.4 Å². The highest BCUT2D eigenvalue weighted by atomic mass is 35.5. The van der Waals surface area contributed by atoms with Crippen molar-refractivity contribution in [2.24, 2.45) is 5.92 Å². The highest BCUT2D eigenvalue weighted by molar-refractivity contribution is 7.89. The van der Waals surface area contributed by atoms with Gasteiger partial charge in [-0.3, -0.25) is 0 Å². The van der Waals surface area contributed by atoms with Crippen molar-refractivity contribution in [1.29, 1.82) is 0 Å². The van der Waals surface area contributed by atoms with Gasteiger partial charge < -0.3 is 5.32 Å². The molecule has 1 aliphatic rings. The lowest BCUT2D eigenvalue weighted by molar-refractivity contribution is 0.331. The monoisotopic (exact) mass is 312 g/mol. The van der Waals surface area contributed by atoms with E-state index in [0.717, 1.165) is 38.8 Å². The molecule has 2 atom stereocenters. The Kier molecular flexibility index (Phi) is 9.24. The van der Waals surface area contributed by atoms with Crippen molar-refractivity contribution in [3.63, 3.8) is 0 Å². The Hall–Kier alpha value is 0.160. The summed E-state index contributed by atoms with van der Waals surface area (Å²) < 4.78 is 26.7. The standard InChI is InChI=1S/C13H28N2O2S.ClH/c1-4-6-12(3)11-18(16,17)15(9-5-2)13-7-8-14-10-13;/h12-14H,4-11H2,1-3H3;1H. The van der Waals surface area contributed by atoms with Gasteiger partial charge in [-0.25, -0.2) is 8.42 Å². The summed E-state index contributed by atoms with van der Waals surface area (Å²) in [6, 6.07) is 0.170. The molecule has 0 aromatic heterocycles. The summed E-state index contributed by atoms with van der Waals surface area (Å²) in [5.41, 5.74) is 0. The first-order valence-electron chi connectivity index (χ1n) is 7.21. The van der Waals surface area contributed by atoms with Crippen LogP contribution >= 0.6 is 12.4 Å². The smallest absolute Gasteiger partial charge is 0.214 e. The second kappa shape index (κ2) is 9.16. The molecule has 1 N–H and O–H groups in total. The minimum Gasteiger partial charge on any atom is -0.315 e. The van der Waals surface area contributed by atoms with Crippen LogP contribution in [0.2, 0.25) is 0 Å². The third kappa shape index (κ3) is 5.98. The Morgan fingerprint density at radius 2 is 2.00 bits per heavy atom. The number of halogens is 1. The molecule has 0 aromatic rings. The number of nitrogens with one attached hydrogen (secondary N) is 1. The Bertz CT molecular complexity index is 330. The lowest BCUT2D eigenvalue weighted by Gasteiger charge is -2.28. The van der Waals surface area contributed by atoms with Crippen molar-refractivity contribution in [3.05, 3.63) is 0 Å². The van der Waals surface area contributed by atoms with Gasteiger partial charge in [0.25, 0.3) is 0 Å². The van der Waals surface area contributed by atoms with Crippen LogP contribution in [-0.2, 0) is 10.0 Å². The van der Waals surface area contributed by atoms with Gasteiger partial charge in [-0.1, -0.05) is 27.2 Å². The van der Waals surface area contributed by atoms with Gasteiger partial charge in [0.1, 0.15) is 0 Å². The van der Waals surface area contributed by atoms with Gasteiger partial charge >= 0.3 is 0 Å². The summed E-state index contributed by atoms with van der Waals surface area (Å²) in [6.45, 7) is 8.59. The van der Waals surface area contributed by atoms with E-state index in [1.54, 1.807) is 4.31 Å². The SMILES string of the molecule is CCCC(C)CS(=O)(=O)N(CCC)C1CCNC1.Cl. The molecule has 0 radical (unpaired) electrons. The first-order chi connectivity index (χ1) is 8.51. The van der Waals surface area contributed by atoms with Gasteiger partial charge in [0.15, 0.2) is 0 Å². The topological polar surface area (TPSA) is 49.4 Å². The molecular weight excluding hydrogens is 284 g/mol. The molecule has 2 unspecified atom stereocenters. The zero-order chi connectivity index (χ0) is 13.6. The predicted molar refractivity (Wildman–Crippen MR) is 83.4 cm³/mol. The van der Waals surface area contributed by atoms with Crippen molar-refractivity contribution in [3.8, 4) is 0 Å². The maximum atomic E-state index is 12.5. The molecule has 0 saturated carbocycles. The van der Waals surface area contributed by atoms with E-state index in [2.05, 4.69) is 12.2 Å². The van der Waals surface area contributed by atoms with Crippen LogP contribution in [0.3, 0.4) is 0 Å². The molecule has 116 valence electrons. The molecule has 1 heterocycles. The second-order valence-corrected chi connectivity index (χ2v) is 7.40. The Morgan fingerprint density at radius 3 is 2.47 bits per heavy atom. The normalized spacial score (nSPS) is 21.4. The highest BCUT2D eigenvalue weighted by Crippen LogP contribution is 2.18. The largest absolute Gasteiger partial charge is 0.315 e. The van der Waals surface area contributed by atoms with E-state index in [9.17, 15) is 8.42 Å². The Morgan fingerprint density at radius 1 is 1.32 bits per heavy atom. The number of hydrogen-bond acceptors (Lipinski definition) is 3. The third-order valence-corrected chi connectivity index (χ3v) is 5.71. The van der Waals surface area contributed by atoms with Crippen LogP contribution in [0.5, 0.6) is 0 Å². The summed E-state index contributed by atoms with van der Waals surface area (Å²) in [4.78, 5) is 0. The summed E-state index contributed by atoms with van der Waals surface area (Å²) in [6.07, 6.45) is 3.87. The minimum absolute atomic E-state index is 0. The van der Waals surface area contributed by atoms with E-state index < -0.39 is 10.0 Å². The van der Waals surface area contributed by atoms with E-state index in [1.165, 1.54) is 0 Å². The van der Waals surface area contributed by atoms with E-state index >= 15 is 0 Å². The van der Waals surface area contributed by atoms with Crippen molar-refractivity contribution in [2.45, 2.75) is 52.5 Å². The molecule has 0 amide bonds. The molecule has 1 saturated heterocycles. The quantitative estimate of drug-likeness (QED) is 0.748. The predicted octanol–water partition coefficient (Wildman–Crippen LogP) is 2.25. The fourth-order valence-electron chi connectivity index (χ4n) is 2.69. The average Bonchev–Trinajstić information content (AvgIpc) is 2.78. The number of nitrogens with zero attached hydrogens (tertiary/aromatic N) is 1. The lowest BCUT2D eigenvalue weighted by atomic mass is 10.1. The van der Waals surface area contributed by atoms with Crippen LogP contribution in [-0.4, -0.2) is 44.2 Å². The molecule has 4 nitrogen and oxygen atoms in total. The van der Waals surface area contributed by atoms with Crippen molar-refractivity contribution in [1.82, 2.24) is 9.62 Å². The molecule has 19 heavy (non-hydrogen) atoms.